The van der Waals surface area contributed by atoms with Gasteiger partial charge in [-0.05, 0) is 58.0 Å². The molecular weight excluding hydrogens is 326 g/mol. The van der Waals surface area contributed by atoms with Crippen molar-refractivity contribution in [2.24, 2.45) is 0 Å². The molecule has 1 atom stereocenters. The number of anilines is 1. The molecule has 1 heterocycles. The number of nitrogens with one attached hydrogen (secondary N) is 1. The number of pyridine rings is 1. The number of hydrogen-bond acceptors (Lipinski definition) is 5. The van der Waals surface area contributed by atoms with E-state index in [0.29, 0.717) is 6.04 Å². The van der Waals surface area contributed by atoms with E-state index in [2.05, 4.69) is 42.9 Å². The fourth-order valence-corrected chi connectivity index (χ4v) is 3.40. The molecular formula is C21H33N3O2. The van der Waals surface area contributed by atoms with Crippen molar-refractivity contribution in [1.29, 1.82) is 0 Å². The van der Waals surface area contributed by atoms with Gasteiger partial charge >= 0.3 is 0 Å². The van der Waals surface area contributed by atoms with Gasteiger partial charge in [-0.3, -0.25) is 4.98 Å². The van der Waals surface area contributed by atoms with Gasteiger partial charge < -0.3 is 19.7 Å². The maximum absolute atomic E-state index is 5.75. The van der Waals surface area contributed by atoms with Crippen LogP contribution in [0.1, 0.15) is 39.2 Å². The third-order valence-electron chi connectivity index (χ3n) is 4.97. The zero-order chi connectivity index (χ0) is 19.1. The van der Waals surface area contributed by atoms with Crippen LogP contribution in [-0.4, -0.2) is 49.8 Å². The molecule has 0 aliphatic rings. The van der Waals surface area contributed by atoms with Crippen molar-refractivity contribution in [3.05, 3.63) is 23.9 Å². The topological polar surface area (TPSA) is 46.6 Å². The van der Waals surface area contributed by atoms with Gasteiger partial charge in [0.1, 0.15) is 11.3 Å². The number of aromatic nitrogens is 1. The summed E-state index contributed by atoms with van der Waals surface area (Å²) in [5.74, 6) is 1.60. The van der Waals surface area contributed by atoms with Gasteiger partial charge in [-0.2, -0.15) is 0 Å². The molecule has 144 valence electrons. The summed E-state index contributed by atoms with van der Waals surface area (Å²) < 4.78 is 11.3. The summed E-state index contributed by atoms with van der Waals surface area (Å²) in [5, 5.41) is 4.62. The monoisotopic (exact) mass is 359 g/mol. The number of hydrogen-bond donors (Lipinski definition) is 1. The fourth-order valence-electron chi connectivity index (χ4n) is 3.40. The van der Waals surface area contributed by atoms with Gasteiger partial charge in [0.05, 0.1) is 25.3 Å². The molecule has 0 aliphatic heterocycles. The average molecular weight is 360 g/mol. The SMILES string of the molecule is CCN(CC)CCCC(C)Nc1cc(OC)c2nccc(C)c2c1OC. The molecule has 0 fully saturated rings. The first-order chi connectivity index (χ1) is 12.5. The Kier molecular flexibility index (Phi) is 7.51. The average Bonchev–Trinajstić information content (AvgIpc) is 2.65. The van der Waals surface area contributed by atoms with Crippen molar-refractivity contribution in [2.75, 3.05) is 39.2 Å². The number of fused-ring (bicyclic) bond motifs is 1. The zero-order valence-electron chi connectivity index (χ0n) is 17.1. The van der Waals surface area contributed by atoms with Crippen LogP contribution < -0.4 is 14.8 Å². The Balaban J connectivity index is 2.22. The summed E-state index contributed by atoms with van der Waals surface area (Å²) >= 11 is 0. The molecule has 26 heavy (non-hydrogen) atoms. The molecule has 5 heteroatoms. The van der Waals surface area contributed by atoms with Gasteiger partial charge in [0.2, 0.25) is 0 Å². The van der Waals surface area contributed by atoms with Crippen LogP contribution in [-0.2, 0) is 0 Å². The van der Waals surface area contributed by atoms with Crippen molar-refractivity contribution in [1.82, 2.24) is 9.88 Å². The highest BCUT2D eigenvalue weighted by Crippen LogP contribution is 2.40. The van der Waals surface area contributed by atoms with Gasteiger partial charge in [0, 0.05) is 18.3 Å². The molecule has 0 aliphatic carbocycles. The van der Waals surface area contributed by atoms with Gasteiger partial charge in [0.25, 0.3) is 0 Å². The minimum absolute atomic E-state index is 0.346. The van der Waals surface area contributed by atoms with Gasteiger partial charge in [-0.25, -0.2) is 0 Å². The highest BCUT2D eigenvalue weighted by atomic mass is 16.5. The van der Waals surface area contributed by atoms with Gasteiger partial charge in [-0.1, -0.05) is 13.8 Å². The Morgan fingerprint density at radius 2 is 1.92 bits per heavy atom. The molecule has 2 rings (SSSR count). The van der Waals surface area contributed by atoms with Crippen LogP contribution in [0, 0.1) is 6.92 Å². The summed E-state index contributed by atoms with van der Waals surface area (Å²) in [6.45, 7) is 12.1. The quantitative estimate of drug-likeness (QED) is 0.677. The Hall–Kier alpha value is -2.01. The maximum Gasteiger partial charge on any atom is 0.151 e. The number of methoxy groups -OCH3 is 2. The number of ether oxygens (including phenoxy) is 2. The molecule has 2 aromatic rings. The third kappa shape index (κ3) is 4.58. The molecule has 0 amide bonds. The number of aryl methyl sites for hydroxylation is 1. The minimum atomic E-state index is 0.346. The van der Waals surface area contributed by atoms with E-state index in [1.54, 1.807) is 14.2 Å². The van der Waals surface area contributed by atoms with E-state index < -0.39 is 0 Å². The molecule has 0 saturated heterocycles. The second-order valence-electron chi connectivity index (χ2n) is 6.73. The van der Waals surface area contributed by atoms with Gasteiger partial charge in [-0.15, -0.1) is 0 Å². The molecule has 5 nitrogen and oxygen atoms in total. The van der Waals surface area contributed by atoms with E-state index >= 15 is 0 Å². The van der Waals surface area contributed by atoms with Crippen molar-refractivity contribution in [2.45, 2.75) is 46.6 Å². The van der Waals surface area contributed by atoms with Crippen LogP contribution >= 0.6 is 0 Å². The van der Waals surface area contributed by atoms with Crippen molar-refractivity contribution in [3.63, 3.8) is 0 Å². The lowest BCUT2D eigenvalue weighted by molar-refractivity contribution is 0.295. The lowest BCUT2D eigenvalue weighted by atomic mass is 10.1. The third-order valence-corrected chi connectivity index (χ3v) is 4.97. The summed E-state index contributed by atoms with van der Waals surface area (Å²) in [6.07, 6.45) is 4.08. The van der Waals surface area contributed by atoms with Crippen molar-refractivity contribution >= 4 is 16.6 Å². The van der Waals surface area contributed by atoms with Crippen molar-refractivity contribution < 1.29 is 9.47 Å². The predicted octanol–water partition coefficient (Wildman–Crippen LogP) is 4.48. The first-order valence-electron chi connectivity index (χ1n) is 9.54. The van der Waals surface area contributed by atoms with Crippen LogP contribution in [0.25, 0.3) is 10.9 Å². The number of benzene rings is 1. The molecule has 1 unspecified atom stereocenters. The first kappa shape index (κ1) is 20.3. The van der Waals surface area contributed by atoms with Crippen LogP contribution in [0.3, 0.4) is 0 Å². The van der Waals surface area contributed by atoms with E-state index in [-0.39, 0.29) is 0 Å². The fraction of sp³-hybridized carbons (Fsp3) is 0.571. The molecule has 0 spiro atoms. The normalized spacial score (nSPS) is 12.4. The second kappa shape index (κ2) is 9.62. The van der Waals surface area contributed by atoms with Crippen LogP contribution in [0.2, 0.25) is 0 Å². The Labute approximate surface area is 157 Å². The highest BCUT2D eigenvalue weighted by Gasteiger charge is 2.17. The molecule has 0 saturated carbocycles. The molecule has 0 bridgehead atoms. The number of nitrogens with zero attached hydrogens (tertiary/aromatic N) is 2. The molecule has 0 radical (unpaired) electrons. The summed E-state index contributed by atoms with van der Waals surface area (Å²) in [7, 11) is 3.40. The molecule has 1 aromatic carbocycles. The van der Waals surface area contributed by atoms with Crippen LogP contribution in [0.5, 0.6) is 11.5 Å². The van der Waals surface area contributed by atoms with Gasteiger partial charge in [0.15, 0.2) is 5.75 Å². The molecule has 1 N–H and O–H groups in total. The first-order valence-corrected chi connectivity index (χ1v) is 9.54. The Morgan fingerprint density at radius 3 is 2.54 bits per heavy atom. The Morgan fingerprint density at radius 1 is 1.19 bits per heavy atom. The minimum Gasteiger partial charge on any atom is -0.494 e. The predicted molar refractivity (Wildman–Crippen MR) is 110 cm³/mol. The number of rotatable bonds is 10. The summed E-state index contributed by atoms with van der Waals surface area (Å²) in [6, 6.07) is 4.34. The zero-order valence-corrected chi connectivity index (χ0v) is 17.1. The van der Waals surface area contributed by atoms with E-state index in [0.717, 1.165) is 59.7 Å². The largest absolute Gasteiger partial charge is 0.494 e. The summed E-state index contributed by atoms with van der Waals surface area (Å²) in [5.41, 5.74) is 2.93. The Bertz CT molecular complexity index is 714. The van der Waals surface area contributed by atoms with E-state index in [9.17, 15) is 0 Å². The van der Waals surface area contributed by atoms with E-state index in [1.807, 2.05) is 18.3 Å². The molecule has 1 aromatic heterocycles. The maximum atomic E-state index is 5.75. The van der Waals surface area contributed by atoms with Crippen LogP contribution in [0.15, 0.2) is 18.3 Å². The lowest BCUT2D eigenvalue weighted by Gasteiger charge is -2.22. The summed E-state index contributed by atoms with van der Waals surface area (Å²) in [4.78, 5) is 6.95. The second-order valence-corrected chi connectivity index (χ2v) is 6.73. The smallest absolute Gasteiger partial charge is 0.151 e. The van der Waals surface area contributed by atoms with E-state index in [4.69, 9.17) is 9.47 Å². The highest BCUT2D eigenvalue weighted by molar-refractivity contribution is 5.97. The van der Waals surface area contributed by atoms with Crippen LogP contribution in [0.4, 0.5) is 5.69 Å². The lowest BCUT2D eigenvalue weighted by Crippen LogP contribution is -2.25. The van der Waals surface area contributed by atoms with E-state index in [1.165, 1.54) is 6.42 Å². The van der Waals surface area contributed by atoms with Crippen molar-refractivity contribution in [3.8, 4) is 11.5 Å². The standard InChI is InChI=1S/C21H33N3O2/c1-7-24(8-2)13-9-10-16(4)23-17-14-18(25-5)20-19(21(17)26-6)15(3)11-12-22-20/h11-12,14,16,23H,7-10,13H2,1-6H3.